The predicted octanol–water partition coefficient (Wildman–Crippen LogP) is 0.471. The molecule has 1 saturated carbocycles. The molecule has 0 aromatic heterocycles. The fraction of sp³-hybridized carbons (Fsp3) is 0.857. The Balaban J connectivity index is 2.26. The maximum Gasteiger partial charge on any atom is 0.246 e. The highest BCUT2D eigenvalue weighted by atomic mass is 32.2. The van der Waals surface area contributed by atoms with Crippen molar-refractivity contribution in [3.63, 3.8) is 0 Å². The van der Waals surface area contributed by atoms with Crippen molar-refractivity contribution in [3.8, 4) is 0 Å². The topological polar surface area (TPSA) is 83.6 Å². The Kier molecular flexibility index (Phi) is 4.60. The van der Waals surface area contributed by atoms with Crippen molar-refractivity contribution in [3.05, 3.63) is 0 Å². The van der Waals surface area contributed by atoms with Crippen LogP contribution in [0.4, 0.5) is 0 Å². The summed E-state index contributed by atoms with van der Waals surface area (Å²) >= 11 is 0. The highest BCUT2D eigenvalue weighted by Crippen LogP contribution is 2.38. The average molecular weight is 316 g/mol. The normalized spacial score (nSPS) is 25.4. The molecule has 0 aromatic rings. The van der Waals surface area contributed by atoms with Crippen LogP contribution in [0.1, 0.15) is 46.0 Å². The first-order valence-corrected chi connectivity index (χ1v) is 9.51. The van der Waals surface area contributed by atoms with E-state index in [1.807, 2.05) is 6.92 Å². The lowest BCUT2D eigenvalue weighted by Crippen LogP contribution is -2.70. The van der Waals surface area contributed by atoms with E-state index in [1.165, 1.54) is 0 Å². The van der Waals surface area contributed by atoms with Crippen molar-refractivity contribution >= 4 is 21.7 Å². The molecule has 1 saturated heterocycles. The Morgan fingerprint density at radius 3 is 2.38 bits per heavy atom. The minimum absolute atomic E-state index is 0.0609. The fourth-order valence-corrected chi connectivity index (χ4v) is 4.06. The number of nitrogens with zero attached hydrogens (tertiary/aromatic N) is 1. The number of rotatable bonds is 5. The van der Waals surface area contributed by atoms with E-state index in [-0.39, 0.29) is 29.9 Å². The molecule has 0 aromatic carbocycles. The number of carbonyl (C=O) groups is 2. The first-order chi connectivity index (χ1) is 9.86. The Morgan fingerprint density at radius 1 is 1.24 bits per heavy atom. The first kappa shape index (κ1) is 16.3. The molecule has 6 nitrogen and oxygen atoms in total. The number of amides is 2. The number of piperazine rings is 1. The van der Waals surface area contributed by atoms with Crippen molar-refractivity contribution in [1.82, 2.24) is 10.2 Å². The number of carbonyl (C=O) groups excluding carboxylic acids is 2. The average Bonchev–Trinajstić information content (AvgIpc) is 2.93. The second-order valence-corrected chi connectivity index (χ2v) is 8.37. The van der Waals surface area contributed by atoms with E-state index in [4.69, 9.17) is 0 Å². The lowest BCUT2D eigenvalue weighted by molar-refractivity contribution is -0.157. The monoisotopic (exact) mass is 316 g/mol. The molecule has 1 atom stereocenters. The molecule has 2 rings (SSSR count). The summed E-state index contributed by atoms with van der Waals surface area (Å²) in [6.45, 7) is 3.57. The van der Waals surface area contributed by atoms with E-state index in [0.717, 1.165) is 12.8 Å². The summed E-state index contributed by atoms with van der Waals surface area (Å²) in [4.78, 5) is 26.6. The molecule has 7 heteroatoms. The summed E-state index contributed by atoms with van der Waals surface area (Å²) in [7, 11) is -3.16. The third kappa shape index (κ3) is 2.93. The van der Waals surface area contributed by atoms with Gasteiger partial charge in [0.15, 0.2) is 9.84 Å². The second kappa shape index (κ2) is 5.94. The molecule has 0 radical (unpaired) electrons. The van der Waals surface area contributed by atoms with E-state index < -0.39 is 21.4 Å². The molecule has 120 valence electrons. The van der Waals surface area contributed by atoms with E-state index in [0.29, 0.717) is 19.3 Å². The van der Waals surface area contributed by atoms with Gasteiger partial charge in [-0.05, 0) is 19.3 Å². The SMILES string of the molecule is CCC1NC(=O)C2(CCCC2)N(CCS(=O)(=O)CC)C1=O. The van der Waals surface area contributed by atoms with Gasteiger partial charge in [-0.1, -0.05) is 26.7 Å². The molecule has 21 heavy (non-hydrogen) atoms. The largest absolute Gasteiger partial charge is 0.342 e. The Hall–Kier alpha value is -1.11. The van der Waals surface area contributed by atoms with Gasteiger partial charge in [0.25, 0.3) is 0 Å². The predicted molar refractivity (Wildman–Crippen MR) is 79.5 cm³/mol. The molecule has 1 unspecified atom stereocenters. The highest BCUT2D eigenvalue weighted by Gasteiger charge is 2.53. The third-order valence-electron chi connectivity index (χ3n) is 4.71. The van der Waals surface area contributed by atoms with Crippen LogP contribution in [0.15, 0.2) is 0 Å². The van der Waals surface area contributed by atoms with Gasteiger partial charge in [-0.2, -0.15) is 0 Å². The molecule has 0 bridgehead atoms. The summed E-state index contributed by atoms with van der Waals surface area (Å²) < 4.78 is 23.5. The van der Waals surface area contributed by atoms with Gasteiger partial charge in [-0.3, -0.25) is 9.59 Å². The van der Waals surface area contributed by atoms with Crippen LogP contribution in [-0.2, 0) is 19.4 Å². The van der Waals surface area contributed by atoms with Gasteiger partial charge in [0, 0.05) is 12.3 Å². The van der Waals surface area contributed by atoms with Crippen LogP contribution >= 0.6 is 0 Å². The summed E-state index contributed by atoms with van der Waals surface area (Å²) in [5.41, 5.74) is -0.813. The van der Waals surface area contributed by atoms with Gasteiger partial charge in [-0.15, -0.1) is 0 Å². The summed E-state index contributed by atoms with van der Waals surface area (Å²) in [5, 5.41) is 2.81. The molecule has 1 heterocycles. The molecule has 2 aliphatic rings. The van der Waals surface area contributed by atoms with Crippen LogP contribution in [-0.4, -0.2) is 54.8 Å². The Labute approximate surface area is 126 Å². The highest BCUT2D eigenvalue weighted by molar-refractivity contribution is 7.91. The van der Waals surface area contributed by atoms with Gasteiger partial charge in [0.05, 0.1) is 5.75 Å². The molecule has 2 fully saturated rings. The van der Waals surface area contributed by atoms with Gasteiger partial charge in [-0.25, -0.2) is 8.42 Å². The van der Waals surface area contributed by atoms with E-state index in [2.05, 4.69) is 5.32 Å². The molecule has 1 aliphatic heterocycles. The van der Waals surface area contributed by atoms with Crippen LogP contribution in [0.3, 0.4) is 0 Å². The van der Waals surface area contributed by atoms with Crippen LogP contribution < -0.4 is 5.32 Å². The van der Waals surface area contributed by atoms with Crippen LogP contribution in [0.25, 0.3) is 0 Å². The first-order valence-electron chi connectivity index (χ1n) is 7.69. The molecular weight excluding hydrogens is 292 g/mol. The number of sulfone groups is 1. The lowest BCUT2D eigenvalue weighted by Gasteiger charge is -2.46. The minimum Gasteiger partial charge on any atom is -0.342 e. The maximum absolute atomic E-state index is 12.6. The lowest BCUT2D eigenvalue weighted by atomic mass is 9.89. The summed E-state index contributed by atoms with van der Waals surface area (Å²) in [6, 6.07) is -0.520. The van der Waals surface area contributed by atoms with Crippen LogP contribution in [0, 0.1) is 0 Å². The smallest absolute Gasteiger partial charge is 0.246 e. The zero-order chi connectivity index (χ0) is 15.7. The Morgan fingerprint density at radius 2 is 1.86 bits per heavy atom. The van der Waals surface area contributed by atoms with Crippen molar-refractivity contribution in [2.45, 2.75) is 57.5 Å². The van der Waals surface area contributed by atoms with Gasteiger partial charge in [0.2, 0.25) is 11.8 Å². The van der Waals surface area contributed by atoms with E-state index in [9.17, 15) is 18.0 Å². The molecule has 1 spiro atoms. The van der Waals surface area contributed by atoms with E-state index >= 15 is 0 Å². The quantitative estimate of drug-likeness (QED) is 0.799. The standard InChI is InChI=1S/C14H24N2O4S/c1-3-11-12(17)16(9-10-21(19,20)4-2)14(13(18)15-11)7-5-6-8-14/h11H,3-10H2,1-2H3,(H,15,18). The number of hydrogen-bond acceptors (Lipinski definition) is 4. The van der Waals surface area contributed by atoms with E-state index in [1.54, 1.807) is 11.8 Å². The molecular formula is C14H24N2O4S. The number of nitrogens with one attached hydrogen (secondary N) is 1. The van der Waals surface area contributed by atoms with Crippen molar-refractivity contribution < 1.29 is 18.0 Å². The zero-order valence-corrected chi connectivity index (χ0v) is 13.5. The van der Waals surface area contributed by atoms with Crippen LogP contribution in [0.2, 0.25) is 0 Å². The molecule has 1 aliphatic carbocycles. The van der Waals surface area contributed by atoms with Gasteiger partial charge in [0.1, 0.15) is 11.6 Å². The second-order valence-electron chi connectivity index (χ2n) is 5.90. The molecule has 2 amide bonds. The minimum atomic E-state index is -3.16. The van der Waals surface area contributed by atoms with Crippen molar-refractivity contribution in [2.24, 2.45) is 0 Å². The summed E-state index contributed by atoms with van der Waals surface area (Å²) in [6.07, 6.45) is 3.58. The Bertz CT molecular complexity index is 523. The maximum atomic E-state index is 12.6. The zero-order valence-electron chi connectivity index (χ0n) is 12.7. The third-order valence-corrected chi connectivity index (χ3v) is 6.40. The number of hydrogen-bond donors (Lipinski definition) is 1. The van der Waals surface area contributed by atoms with Gasteiger partial charge >= 0.3 is 0 Å². The van der Waals surface area contributed by atoms with Crippen LogP contribution in [0.5, 0.6) is 0 Å². The molecule has 1 N–H and O–H groups in total. The summed E-state index contributed by atoms with van der Waals surface area (Å²) in [5.74, 6) is -0.253. The fourth-order valence-electron chi connectivity index (χ4n) is 3.31. The van der Waals surface area contributed by atoms with Gasteiger partial charge < -0.3 is 10.2 Å². The van der Waals surface area contributed by atoms with Crippen molar-refractivity contribution in [2.75, 3.05) is 18.1 Å². The van der Waals surface area contributed by atoms with Crippen molar-refractivity contribution in [1.29, 1.82) is 0 Å².